The Morgan fingerprint density at radius 3 is 2.58 bits per heavy atom. The van der Waals surface area contributed by atoms with Gasteiger partial charge in [0, 0.05) is 6.07 Å². The van der Waals surface area contributed by atoms with E-state index in [4.69, 9.17) is 21.4 Å². The normalized spacial score (nSPS) is 10.3. The number of rotatable bonds is 3. The Balaban J connectivity index is 2.32. The summed E-state index contributed by atoms with van der Waals surface area (Å²) in [7, 11) is 0. The molecule has 0 unspecified atom stereocenters. The Kier molecular flexibility index (Phi) is 3.66. The molecule has 0 heterocycles. The molecule has 0 fully saturated rings. The lowest BCUT2D eigenvalue weighted by Crippen LogP contribution is -1.98. The molecular weight excluding hydrogens is 278 g/mol. The van der Waals surface area contributed by atoms with E-state index >= 15 is 0 Å². The molecular formula is C13H7ClF2O3. The number of benzene rings is 2. The maximum atomic E-state index is 13.4. The van der Waals surface area contributed by atoms with Gasteiger partial charge in [-0.15, -0.1) is 0 Å². The van der Waals surface area contributed by atoms with E-state index in [1.165, 1.54) is 30.3 Å². The van der Waals surface area contributed by atoms with Gasteiger partial charge in [0.05, 0.1) is 10.6 Å². The van der Waals surface area contributed by atoms with E-state index in [2.05, 4.69) is 0 Å². The molecule has 0 saturated carbocycles. The molecule has 0 aliphatic rings. The van der Waals surface area contributed by atoms with Crippen molar-refractivity contribution in [3.05, 3.63) is 58.6 Å². The maximum Gasteiger partial charge on any atom is 0.337 e. The highest BCUT2D eigenvalue weighted by molar-refractivity contribution is 6.33. The highest BCUT2D eigenvalue weighted by atomic mass is 35.5. The fourth-order valence-corrected chi connectivity index (χ4v) is 1.67. The Labute approximate surface area is 112 Å². The zero-order chi connectivity index (χ0) is 14.0. The number of halogens is 3. The molecule has 0 radical (unpaired) electrons. The van der Waals surface area contributed by atoms with Crippen LogP contribution in [0, 0.1) is 11.6 Å². The summed E-state index contributed by atoms with van der Waals surface area (Å²) in [5.74, 6) is -3.54. The summed E-state index contributed by atoms with van der Waals surface area (Å²) in [5.41, 5.74) is -0.103. The van der Waals surface area contributed by atoms with Crippen molar-refractivity contribution in [1.82, 2.24) is 0 Å². The van der Waals surface area contributed by atoms with E-state index in [9.17, 15) is 13.6 Å². The van der Waals surface area contributed by atoms with Crippen molar-refractivity contribution < 1.29 is 23.4 Å². The summed E-state index contributed by atoms with van der Waals surface area (Å²) in [5, 5.41) is 8.74. The van der Waals surface area contributed by atoms with Crippen LogP contribution in [-0.2, 0) is 0 Å². The Morgan fingerprint density at radius 2 is 1.95 bits per heavy atom. The molecule has 2 aromatic carbocycles. The minimum absolute atomic E-state index is 0.0539. The average Bonchev–Trinajstić information content (AvgIpc) is 2.34. The Morgan fingerprint density at radius 1 is 1.21 bits per heavy atom. The topological polar surface area (TPSA) is 46.5 Å². The quantitative estimate of drug-likeness (QED) is 0.922. The summed E-state index contributed by atoms with van der Waals surface area (Å²) in [4.78, 5) is 10.8. The van der Waals surface area contributed by atoms with Crippen molar-refractivity contribution in [3.8, 4) is 11.5 Å². The molecule has 2 aromatic rings. The first kappa shape index (κ1) is 13.3. The number of hydrogen-bond donors (Lipinski definition) is 1. The molecule has 98 valence electrons. The van der Waals surface area contributed by atoms with Crippen LogP contribution in [0.1, 0.15) is 10.4 Å². The van der Waals surface area contributed by atoms with Crippen LogP contribution in [-0.4, -0.2) is 11.1 Å². The predicted molar refractivity (Wildman–Crippen MR) is 64.8 cm³/mol. The van der Waals surface area contributed by atoms with Gasteiger partial charge in [0.25, 0.3) is 0 Å². The van der Waals surface area contributed by atoms with Gasteiger partial charge in [-0.2, -0.15) is 4.39 Å². The number of carboxylic acid groups (broad SMARTS) is 1. The van der Waals surface area contributed by atoms with Crippen molar-refractivity contribution in [2.45, 2.75) is 0 Å². The molecule has 2 rings (SSSR count). The molecule has 0 amide bonds. The third-order valence-electron chi connectivity index (χ3n) is 2.31. The molecule has 0 bridgehead atoms. The second-order valence-electron chi connectivity index (χ2n) is 3.60. The van der Waals surface area contributed by atoms with E-state index in [1.807, 2.05) is 0 Å². The van der Waals surface area contributed by atoms with Crippen molar-refractivity contribution in [1.29, 1.82) is 0 Å². The molecule has 3 nitrogen and oxygen atoms in total. The van der Waals surface area contributed by atoms with Crippen LogP contribution in [0.5, 0.6) is 11.5 Å². The minimum Gasteiger partial charge on any atom is -0.478 e. The molecule has 19 heavy (non-hydrogen) atoms. The van der Waals surface area contributed by atoms with E-state index in [1.54, 1.807) is 0 Å². The van der Waals surface area contributed by atoms with Crippen molar-refractivity contribution in [3.63, 3.8) is 0 Å². The van der Waals surface area contributed by atoms with Crippen LogP contribution in [0.25, 0.3) is 0 Å². The van der Waals surface area contributed by atoms with E-state index < -0.39 is 17.6 Å². The van der Waals surface area contributed by atoms with Crippen molar-refractivity contribution in [2.24, 2.45) is 0 Å². The molecule has 0 atom stereocenters. The molecule has 0 spiro atoms. The van der Waals surface area contributed by atoms with Gasteiger partial charge in [0.15, 0.2) is 11.6 Å². The van der Waals surface area contributed by atoms with Crippen molar-refractivity contribution >= 4 is 17.6 Å². The fourth-order valence-electron chi connectivity index (χ4n) is 1.42. The van der Waals surface area contributed by atoms with Crippen LogP contribution in [0.2, 0.25) is 5.02 Å². The highest BCUT2D eigenvalue weighted by Crippen LogP contribution is 2.29. The minimum atomic E-state index is -1.19. The summed E-state index contributed by atoms with van der Waals surface area (Å²) < 4.78 is 31.5. The van der Waals surface area contributed by atoms with Gasteiger partial charge in [0.2, 0.25) is 5.82 Å². The van der Waals surface area contributed by atoms with Crippen LogP contribution < -0.4 is 4.74 Å². The van der Waals surface area contributed by atoms with Crippen molar-refractivity contribution in [2.75, 3.05) is 0 Å². The lowest BCUT2D eigenvalue weighted by atomic mass is 10.2. The molecule has 1 N–H and O–H groups in total. The van der Waals surface area contributed by atoms with Crippen LogP contribution in [0.3, 0.4) is 0 Å². The van der Waals surface area contributed by atoms with E-state index in [0.717, 1.165) is 6.07 Å². The first-order valence-corrected chi connectivity index (χ1v) is 5.51. The summed E-state index contributed by atoms with van der Waals surface area (Å²) in [6.45, 7) is 0. The first-order chi connectivity index (χ1) is 8.99. The SMILES string of the molecule is O=C(O)c1ccc(Oc2cccc(F)c2F)cc1Cl. The van der Waals surface area contributed by atoms with Crippen LogP contribution in [0.4, 0.5) is 8.78 Å². The maximum absolute atomic E-state index is 13.4. The lowest BCUT2D eigenvalue weighted by Gasteiger charge is -2.08. The smallest absolute Gasteiger partial charge is 0.337 e. The van der Waals surface area contributed by atoms with Gasteiger partial charge >= 0.3 is 5.97 Å². The average molecular weight is 285 g/mol. The summed E-state index contributed by atoms with van der Waals surface area (Å²) in [6, 6.07) is 7.24. The number of ether oxygens (including phenoxy) is 1. The zero-order valence-electron chi connectivity index (χ0n) is 9.36. The summed E-state index contributed by atoms with van der Waals surface area (Å²) >= 11 is 5.73. The highest BCUT2D eigenvalue weighted by Gasteiger charge is 2.12. The van der Waals surface area contributed by atoms with Gasteiger partial charge in [-0.05, 0) is 24.3 Å². The molecule has 0 aromatic heterocycles. The third kappa shape index (κ3) is 2.82. The van der Waals surface area contributed by atoms with E-state index in [-0.39, 0.29) is 22.1 Å². The second-order valence-corrected chi connectivity index (χ2v) is 4.01. The second kappa shape index (κ2) is 5.24. The number of carbonyl (C=O) groups is 1. The first-order valence-electron chi connectivity index (χ1n) is 5.13. The van der Waals surface area contributed by atoms with Gasteiger partial charge in [-0.25, -0.2) is 9.18 Å². The van der Waals surface area contributed by atoms with Gasteiger partial charge in [-0.3, -0.25) is 0 Å². The molecule has 0 aliphatic heterocycles. The molecule has 0 saturated heterocycles. The Bertz CT molecular complexity index is 644. The summed E-state index contributed by atoms with van der Waals surface area (Å²) in [6.07, 6.45) is 0. The number of carboxylic acids is 1. The van der Waals surface area contributed by atoms with Gasteiger partial charge < -0.3 is 9.84 Å². The van der Waals surface area contributed by atoms with Gasteiger partial charge in [-0.1, -0.05) is 17.7 Å². The number of hydrogen-bond acceptors (Lipinski definition) is 2. The Hall–Kier alpha value is -2.14. The number of aromatic carboxylic acids is 1. The van der Waals surface area contributed by atoms with E-state index in [0.29, 0.717) is 0 Å². The van der Waals surface area contributed by atoms with Crippen LogP contribution in [0.15, 0.2) is 36.4 Å². The molecule has 6 heteroatoms. The fraction of sp³-hybridized carbons (Fsp3) is 0. The predicted octanol–water partition coefficient (Wildman–Crippen LogP) is 4.11. The monoisotopic (exact) mass is 284 g/mol. The largest absolute Gasteiger partial charge is 0.478 e. The molecule has 0 aliphatic carbocycles. The van der Waals surface area contributed by atoms with Crippen LogP contribution >= 0.6 is 11.6 Å². The van der Waals surface area contributed by atoms with Gasteiger partial charge in [0.1, 0.15) is 5.75 Å². The zero-order valence-corrected chi connectivity index (χ0v) is 10.1. The standard InChI is InChI=1S/C13H7ClF2O3/c14-9-6-7(4-5-8(9)13(17)18)19-11-3-1-2-10(15)12(11)16/h1-6H,(H,17,18). The third-order valence-corrected chi connectivity index (χ3v) is 2.63. The lowest BCUT2D eigenvalue weighted by molar-refractivity contribution is 0.0697.